The molecule has 1 N–H and O–H groups in total. The van der Waals surface area contributed by atoms with E-state index >= 15 is 0 Å². The molecule has 0 heterocycles. The minimum absolute atomic E-state index is 0.608. The summed E-state index contributed by atoms with van der Waals surface area (Å²) in [7, 11) is 0. The zero-order valence-corrected chi connectivity index (χ0v) is 9.52. The Kier molecular flexibility index (Phi) is 3.61. The predicted molar refractivity (Wildman–Crippen MR) is 67.0 cm³/mol. The second kappa shape index (κ2) is 5.16. The summed E-state index contributed by atoms with van der Waals surface area (Å²) >= 11 is 0. The van der Waals surface area contributed by atoms with Gasteiger partial charge in [0.05, 0.1) is 5.60 Å². The average Bonchev–Trinajstić information content (AvgIpc) is 2.31. The molecule has 1 nitrogen and oxygen atoms in total. The fourth-order valence-corrected chi connectivity index (χ4v) is 2.15. The Balaban J connectivity index is 2.05. The van der Waals surface area contributed by atoms with Gasteiger partial charge < -0.3 is 5.11 Å². The largest absolute Gasteiger partial charge is 0.385 e. The van der Waals surface area contributed by atoms with Gasteiger partial charge >= 0.3 is 0 Å². The van der Waals surface area contributed by atoms with Crippen LogP contribution in [0, 0.1) is 0 Å². The molecule has 0 unspecified atom stereocenters. The topological polar surface area (TPSA) is 20.2 Å². The lowest BCUT2D eigenvalue weighted by Crippen LogP contribution is -2.28. The number of rotatable bonds is 2. The predicted octanol–water partition coefficient (Wildman–Crippen LogP) is 3.55. The van der Waals surface area contributed by atoms with Crippen molar-refractivity contribution in [1.29, 1.82) is 0 Å². The molecule has 1 heteroatoms. The van der Waals surface area contributed by atoms with Crippen LogP contribution in [0.25, 0.3) is 6.08 Å². The molecule has 0 atom stereocenters. The van der Waals surface area contributed by atoms with Crippen molar-refractivity contribution in [2.24, 2.45) is 0 Å². The molecule has 1 saturated carbocycles. The maximum atomic E-state index is 10.2. The van der Waals surface area contributed by atoms with E-state index in [1.54, 1.807) is 0 Å². The van der Waals surface area contributed by atoms with Gasteiger partial charge in [-0.05, 0) is 30.6 Å². The van der Waals surface area contributed by atoms with Crippen LogP contribution < -0.4 is 0 Å². The molecule has 0 saturated heterocycles. The Labute approximate surface area is 97.1 Å². The van der Waals surface area contributed by atoms with Gasteiger partial charge in [0.2, 0.25) is 0 Å². The summed E-state index contributed by atoms with van der Waals surface area (Å²) in [6, 6.07) is 10.1. The van der Waals surface area contributed by atoms with E-state index in [0.717, 1.165) is 31.2 Å². The molecule has 2 rings (SSSR count). The monoisotopic (exact) mass is 214 g/mol. The van der Waals surface area contributed by atoms with Gasteiger partial charge in [0, 0.05) is 0 Å². The van der Waals surface area contributed by atoms with Crippen LogP contribution in [0.15, 0.2) is 42.1 Å². The van der Waals surface area contributed by atoms with E-state index in [2.05, 4.69) is 5.73 Å². The lowest BCUT2D eigenvalue weighted by molar-refractivity contribution is 0.0515. The first-order valence-corrected chi connectivity index (χ1v) is 6.00. The second-order valence-corrected chi connectivity index (χ2v) is 4.53. The molecule has 1 aromatic rings. The van der Waals surface area contributed by atoms with Crippen LogP contribution in [0.5, 0.6) is 0 Å². The summed E-state index contributed by atoms with van der Waals surface area (Å²) in [6.07, 6.45) is 9.01. The first kappa shape index (κ1) is 11.2. The van der Waals surface area contributed by atoms with E-state index in [0.29, 0.717) is 0 Å². The highest BCUT2D eigenvalue weighted by Gasteiger charge is 2.25. The Morgan fingerprint density at radius 1 is 1.06 bits per heavy atom. The van der Waals surface area contributed by atoms with Crippen LogP contribution in [0.1, 0.15) is 37.7 Å². The van der Waals surface area contributed by atoms with Gasteiger partial charge in [0.1, 0.15) is 0 Å². The zero-order chi connectivity index (χ0) is 11.3. The van der Waals surface area contributed by atoms with Crippen LogP contribution in [0.4, 0.5) is 0 Å². The second-order valence-electron chi connectivity index (χ2n) is 4.53. The summed E-state index contributed by atoms with van der Waals surface area (Å²) < 4.78 is 0. The molecule has 1 aliphatic rings. The van der Waals surface area contributed by atoms with E-state index < -0.39 is 5.60 Å². The lowest BCUT2D eigenvalue weighted by Gasteiger charge is -2.27. The SMILES string of the molecule is OC1(C=C=Cc2ccccc2)CCCCC1. The quantitative estimate of drug-likeness (QED) is 0.746. The highest BCUT2D eigenvalue weighted by Crippen LogP contribution is 2.28. The van der Waals surface area contributed by atoms with Gasteiger partial charge in [-0.1, -0.05) is 49.6 Å². The van der Waals surface area contributed by atoms with Crippen LogP contribution in [0.2, 0.25) is 0 Å². The van der Waals surface area contributed by atoms with Crippen LogP contribution in [-0.2, 0) is 0 Å². The van der Waals surface area contributed by atoms with Crippen LogP contribution >= 0.6 is 0 Å². The highest BCUT2D eigenvalue weighted by molar-refractivity contribution is 5.48. The van der Waals surface area contributed by atoms with E-state index in [9.17, 15) is 5.11 Å². The molecule has 0 spiro atoms. The standard InChI is InChI=1S/C15H18O/c16-15(11-5-2-6-12-15)13-7-10-14-8-3-1-4-9-14/h1,3-4,8-10,13,16H,2,5-6,11-12H2. The number of aliphatic hydroxyl groups is 1. The van der Waals surface area contributed by atoms with Crippen LogP contribution in [0.3, 0.4) is 0 Å². The molecule has 0 amide bonds. The van der Waals surface area contributed by atoms with Gasteiger partial charge in [-0.2, -0.15) is 0 Å². The van der Waals surface area contributed by atoms with Crippen molar-refractivity contribution in [2.75, 3.05) is 0 Å². The van der Waals surface area contributed by atoms with E-state index in [-0.39, 0.29) is 0 Å². The minimum Gasteiger partial charge on any atom is -0.385 e. The van der Waals surface area contributed by atoms with Crippen molar-refractivity contribution in [1.82, 2.24) is 0 Å². The molecule has 0 aromatic heterocycles. The number of hydrogen-bond acceptors (Lipinski definition) is 1. The van der Waals surface area contributed by atoms with Gasteiger partial charge in [0.15, 0.2) is 0 Å². The fourth-order valence-electron chi connectivity index (χ4n) is 2.15. The molecule has 1 aliphatic carbocycles. The molecular weight excluding hydrogens is 196 g/mol. The van der Waals surface area contributed by atoms with Crippen molar-refractivity contribution < 1.29 is 5.11 Å². The molecule has 0 radical (unpaired) electrons. The Hall–Kier alpha value is -1.30. The zero-order valence-electron chi connectivity index (χ0n) is 9.52. The van der Waals surface area contributed by atoms with Gasteiger partial charge in [-0.3, -0.25) is 0 Å². The smallest absolute Gasteiger partial charge is 0.0901 e. The maximum Gasteiger partial charge on any atom is 0.0901 e. The molecule has 0 aliphatic heterocycles. The van der Waals surface area contributed by atoms with Gasteiger partial charge in [0.25, 0.3) is 0 Å². The van der Waals surface area contributed by atoms with E-state index in [1.165, 1.54) is 6.42 Å². The third kappa shape index (κ3) is 3.10. The lowest BCUT2D eigenvalue weighted by atomic mass is 9.85. The van der Waals surface area contributed by atoms with Crippen molar-refractivity contribution >= 4 is 6.08 Å². The minimum atomic E-state index is -0.608. The van der Waals surface area contributed by atoms with Crippen LogP contribution in [-0.4, -0.2) is 10.7 Å². The average molecular weight is 214 g/mol. The van der Waals surface area contributed by atoms with Crippen molar-refractivity contribution in [3.8, 4) is 0 Å². The summed E-state index contributed by atoms with van der Waals surface area (Å²) in [5.74, 6) is 0. The van der Waals surface area contributed by atoms with E-state index in [4.69, 9.17) is 0 Å². The van der Waals surface area contributed by atoms with E-state index in [1.807, 2.05) is 42.5 Å². The summed E-state index contributed by atoms with van der Waals surface area (Å²) in [5.41, 5.74) is 3.63. The highest BCUT2D eigenvalue weighted by atomic mass is 16.3. The summed E-state index contributed by atoms with van der Waals surface area (Å²) in [6.45, 7) is 0. The third-order valence-electron chi connectivity index (χ3n) is 3.12. The Morgan fingerprint density at radius 3 is 2.44 bits per heavy atom. The third-order valence-corrected chi connectivity index (χ3v) is 3.12. The van der Waals surface area contributed by atoms with Crippen molar-refractivity contribution in [3.63, 3.8) is 0 Å². The first-order valence-electron chi connectivity index (χ1n) is 6.00. The maximum absolute atomic E-state index is 10.2. The molecule has 16 heavy (non-hydrogen) atoms. The van der Waals surface area contributed by atoms with Crippen molar-refractivity contribution in [3.05, 3.63) is 47.7 Å². The summed E-state index contributed by atoms with van der Waals surface area (Å²) in [5, 5.41) is 10.2. The van der Waals surface area contributed by atoms with Gasteiger partial charge in [-0.25, -0.2) is 0 Å². The molecular formula is C15H18O. The fraction of sp³-hybridized carbons (Fsp3) is 0.400. The normalized spacial score (nSPS) is 18.6. The molecule has 0 bridgehead atoms. The van der Waals surface area contributed by atoms with Crippen molar-refractivity contribution in [2.45, 2.75) is 37.7 Å². The first-order chi connectivity index (χ1) is 7.79. The number of benzene rings is 1. The molecule has 84 valence electrons. The Morgan fingerprint density at radius 2 is 1.75 bits per heavy atom. The molecule has 1 fully saturated rings. The Bertz CT molecular complexity index is 379. The molecule has 1 aromatic carbocycles. The van der Waals surface area contributed by atoms with Gasteiger partial charge in [-0.15, -0.1) is 5.73 Å². The summed E-state index contributed by atoms with van der Waals surface area (Å²) in [4.78, 5) is 0. The number of hydrogen-bond donors (Lipinski definition) is 1.